The van der Waals surface area contributed by atoms with Gasteiger partial charge < -0.3 is 15.0 Å². The molecule has 3 aromatic rings. The molecule has 0 radical (unpaired) electrons. The van der Waals surface area contributed by atoms with Crippen molar-refractivity contribution in [2.75, 3.05) is 11.9 Å². The fraction of sp³-hybridized carbons (Fsp3) is 0.240. The minimum atomic E-state index is -0.542. The van der Waals surface area contributed by atoms with Crippen LogP contribution in [0.3, 0.4) is 0 Å². The molecule has 31 heavy (non-hydrogen) atoms. The zero-order valence-electron chi connectivity index (χ0n) is 17.2. The number of piperidine rings is 1. The first-order valence-corrected chi connectivity index (χ1v) is 10.5. The first-order valence-electron chi connectivity index (χ1n) is 10.5. The van der Waals surface area contributed by atoms with Crippen LogP contribution in [0, 0.1) is 0 Å². The van der Waals surface area contributed by atoms with Crippen LogP contribution in [0.4, 0.5) is 11.4 Å². The Morgan fingerprint density at radius 1 is 0.935 bits per heavy atom. The fourth-order valence-corrected chi connectivity index (χ4v) is 3.71. The molecule has 0 aliphatic carbocycles. The van der Waals surface area contributed by atoms with Gasteiger partial charge in [0, 0.05) is 35.9 Å². The van der Waals surface area contributed by atoms with E-state index in [2.05, 4.69) is 10.3 Å². The Kier molecular flexibility index (Phi) is 6.57. The summed E-state index contributed by atoms with van der Waals surface area (Å²) in [6.07, 6.45) is 5.85. The number of amides is 1. The van der Waals surface area contributed by atoms with E-state index in [-0.39, 0.29) is 18.5 Å². The molecule has 1 saturated heterocycles. The van der Waals surface area contributed by atoms with Crippen molar-refractivity contribution in [2.24, 2.45) is 0 Å². The molecule has 0 spiro atoms. The highest BCUT2D eigenvalue weighted by atomic mass is 16.5. The van der Waals surface area contributed by atoms with Gasteiger partial charge in [0.15, 0.2) is 0 Å². The predicted octanol–water partition coefficient (Wildman–Crippen LogP) is 4.56. The Morgan fingerprint density at radius 2 is 1.65 bits per heavy atom. The lowest BCUT2D eigenvalue weighted by Crippen LogP contribution is -2.48. The van der Waals surface area contributed by atoms with Crippen molar-refractivity contribution in [3.05, 3.63) is 90.3 Å². The Labute approximate surface area is 181 Å². The maximum absolute atomic E-state index is 13.1. The van der Waals surface area contributed by atoms with E-state index in [0.29, 0.717) is 18.5 Å². The topological polar surface area (TPSA) is 71.5 Å². The van der Waals surface area contributed by atoms with E-state index in [4.69, 9.17) is 4.74 Å². The second-order valence-corrected chi connectivity index (χ2v) is 7.54. The minimum absolute atomic E-state index is 0.142. The third kappa shape index (κ3) is 5.28. The van der Waals surface area contributed by atoms with Gasteiger partial charge in [0.05, 0.1) is 0 Å². The SMILES string of the molecule is O=C(OCc1ccccc1)C1CCCCN1C(=O)c1ccc(Nc2ccncc2)cc1. The largest absolute Gasteiger partial charge is 0.459 e. The molecule has 1 aliphatic heterocycles. The molecular weight excluding hydrogens is 390 g/mol. The van der Waals surface area contributed by atoms with E-state index in [1.165, 1.54) is 0 Å². The van der Waals surface area contributed by atoms with Crippen molar-refractivity contribution in [2.45, 2.75) is 31.9 Å². The Balaban J connectivity index is 1.41. The zero-order valence-corrected chi connectivity index (χ0v) is 17.2. The van der Waals surface area contributed by atoms with Gasteiger partial charge >= 0.3 is 5.97 Å². The molecule has 1 amide bonds. The summed E-state index contributed by atoms with van der Waals surface area (Å²) < 4.78 is 5.52. The van der Waals surface area contributed by atoms with E-state index in [9.17, 15) is 9.59 Å². The number of nitrogens with one attached hydrogen (secondary N) is 1. The van der Waals surface area contributed by atoms with E-state index < -0.39 is 6.04 Å². The molecule has 6 nitrogen and oxygen atoms in total. The van der Waals surface area contributed by atoms with Crippen LogP contribution in [0.2, 0.25) is 0 Å². The lowest BCUT2D eigenvalue weighted by atomic mass is 10.0. The summed E-state index contributed by atoms with van der Waals surface area (Å²) in [4.78, 5) is 31.5. The van der Waals surface area contributed by atoms with Crippen LogP contribution in [-0.2, 0) is 16.1 Å². The van der Waals surface area contributed by atoms with E-state index in [1.807, 2.05) is 54.6 Å². The monoisotopic (exact) mass is 415 g/mol. The number of carbonyl (C=O) groups is 2. The number of pyridine rings is 1. The van der Waals surface area contributed by atoms with Gasteiger partial charge in [0.25, 0.3) is 5.91 Å². The molecule has 2 aromatic carbocycles. The number of nitrogens with zero attached hydrogens (tertiary/aromatic N) is 2. The van der Waals surface area contributed by atoms with Gasteiger partial charge in [-0.2, -0.15) is 0 Å². The standard InChI is InChI=1S/C25H25N3O3/c29-24(20-9-11-21(12-10-20)27-22-13-15-26-16-14-22)28-17-5-4-8-23(28)25(30)31-18-19-6-2-1-3-7-19/h1-3,6-7,9-16,23H,4-5,8,17-18H2,(H,26,27). The number of benzene rings is 2. The fourth-order valence-electron chi connectivity index (χ4n) is 3.71. The summed E-state index contributed by atoms with van der Waals surface area (Å²) in [6.45, 7) is 0.772. The van der Waals surface area contributed by atoms with E-state index in [1.54, 1.807) is 29.4 Å². The molecule has 6 heteroatoms. The predicted molar refractivity (Wildman–Crippen MR) is 119 cm³/mol. The summed E-state index contributed by atoms with van der Waals surface area (Å²) in [7, 11) is 0. The van der Waals surface area contributed by atoms with Gasteiger partial charge in [0.1, 0.15) is 12.6 Å². The third-order valence-electron chi connectivity index (χ3n) is 5.36. The normalized spacial score (nSPS) is 15.9. The second-order valence-electron chi connectivity index (χ2n) is 7.54. The van der Waals surface area contributed by atoms with E-state index >= 15 is 0 Å². The number of ether oxygens (including phenoxy) is 1. The molecule has 1 fully saturated rings. The molecular formula is C25H25N3O3. The van der Waals surface area contributed by atoms with Crippen molar-refractivity contribution in [3.8, 4) is 0 Å². The van der Waals surface area contributed by atoms with Crippen molar-refractivity contribution in [1.29, 1.82) is 0 Å². The number of anilines is 2. The molecule has 0 saturated carbocycles. The third-order valence-corrected chi connectivity index (χ3v) is 5.36. The van der Waals surface area contributed by atoms with Gasteiger partial charge in [-0.05, 0) is 61.2 Å². The van der Waals surface area contributed by atoms with Crippen molar-refractivity contribution >= 4 is 23.3 Å². The minimum Gasteiger partial charge on any atom is -0.459 e. The van der Waals surface area contributed by atoms with Gasteiger partial charge in [-0.25, -0.2) is 4.79 Å². The van der Waals surface area contributed by atoms with Crippen LogP contribution in [0.5, 0.6) is 0 Å². The van der Waals surface area contributed by atoms with Gasteiger partial charge in [-0.1, -0.05) is 30.3 Å². The Bertz CT molecular complexity index is 1010. The summed E-state index contributed by atoms with van der Waals surface area (Å²) >= 11 is 0. The maximum Gasteiger partial charge on any atom is 0.329 e. The highest BCUT2D eigenvalue weighted by molar-refractivity contribution is 5.97. The number of aromatic nitrogens is 1. The number of rotatable bonds is 6. The van der Waals surface area contributed by atoms with Gasteiger partial charge in [-0.15, -0.1) is 0 Å². The lowest BCUT2D eigenvalue weighted by molar-refractivity contribution is -0.151. The number of hydrogen-bond donors (Lipinski definition) is 1. The molecule has 0 bridgehead atoms. The number of hydrogen-bond acceptors (Lipinski definition) is 5. The average Bonchev–Trinajstić information content (AvgIpc) is 2.84. The van der Waals surface area contributed by atoms with Crippen molar-refractivity contribution in [3.63, 3.8) is 0 Å². The number of likely N-dealkylation sites (tertiary alicyclic amines) is 1. The van der Waals surface area contributed by atoms with Crippen molar-refractivity contribution in [1.82, 2.24) is 9.88 Å². The lowest BCUT2D eigenvalue weighted by Gasteiger charge is -2.34. The van der Waals surface area contributed by atoms with Gasteiger partial charge in [-0.3, -0.25) is 9.78 Å². The molecule has 1 unspecified atom stereocenters. The van der Waals surface area contributed by atoms with Crippen LogP contribution in [0.25, 0.3) is 0 Å². The first kappa shape index (κ1) is 20.6. The van der Waals surface area contributed by atoms with Crippen LogP contribution >= 0.6 is 0 Å². The van der Waals surface area contributed by atoms with Crippen LogP contribution < -0.4 is 5.32 Å². The molecule has 1 aromatic heterocycles. The summed E-state index contributed by atoms with van der Waals surface area (Å²) in [5.41, 5.74) is 3.29. The van der Waals surface area contributed by atoms with Gasteiger partial charge in [0.2, 0.25) is 0 Å². The number of esters is 1. The quantitative estimate of drug-likeness (QED) is 0.598. The summed E-state index contributed by atoms with van der Waals surface area (Å²) in [5, 5.41) is 3.27. The average molecular weight is 415 g/mol. The highest BCUT2D eigenvalue weighted by Crippen LogP contribution is 2.23. The zero-order chi connectivity index (χ0) is 21.5. The second kappa shape index (κ2) is 9.89. The molecule has 1 atom stereocenters. The Morgan fingerprint density at radius 3 is 2.39 bits per heavy atom. The summed E-state index contributed by atoms with van der Waals surface area (Å²) in [5.74, 6) is -0.482. The maximum atomic E-state index is 13.1. The Hall–Kier alpha value is -3.67. The molecule has 1 aliphatic rings. The first-order chi connectivity index (χ1) is 15.2. The van der Waals surface area contributed by atoms with Crippen LogP contribution in [-0.4, -0.2) is 34.3 Å². The van der Waals surface area contributed by atoms with Crippen LogP contribution in [0.1, 0.15) is 35.2 Å². The molecule has 158 valence electrons. The summed E-state index contributed by atoms with van der Waals surface area (Å²) in [6, 6.07) is 20.1. The molecule has 4 rings (SSSR count). The molecule has 2 heterocycles. The van der Waals surface area contributed by atoms with Crippen molar-refractivity contribution < 1.29 is 14.3 Å². The highest BCUT2D eigenvalue weighted by Gasteiger charge is 2.33. The van der Waals surface area contributed by atoms with E-state index in [0.717, 1.165) is 29.8 Å². The smallest absolute Gasteiger partial charge is 0.329 e. The number of carbonyl (C=O) groups excluding carboxylic acids is 2. The molecule has 1 N–H and O–H groups in total. The van der Waals surface area contributed by atoms with Crippen LogP contribution in [0.15, 0.2) is 79.1 Å².